The van der Waals surface area contributed by atoms with E-state index in [0.29, 0.717) is 21.5 Å². The van der Waals surface area contributed by atoms with Crippen molar-refractivity contribution in [2.45, 2.75) is 18.9 Å². The first-order chi connectivity index (χ1) is 12.0. The van der Waals surface area contributed by atoms with E-state index in [9.17, 15) is 9.59 Å². The first kappa shape index (κ1) is 17.9. The molecule has 2 heterocycles. The summed E-state index contributed by atoms with van der Waals surface area (Å²) >= 11 is 6.63. The molecule has 1 unspecified atom stereocenters. The van der Waals surface area contributed by atoms with E-state index in [0.717, 1.165) is 25.0 Å². The molecule has 132 valence electrons. The lowest BCUT2D eigenvalue weighted by Crippen LogP contribution is -2.35. The van der Waals surface area contributed by atoms with Crippen molar-refractivity contribution in [3.8, 4) is 5.75 Å². The zero-order valence-electron chi connectivity index (χ0n) is 13.5. The third-order valence-corrected chi connectivity index (χ3v) is 5.22. The number of nitrogens with zero attached hydrogens (tertiary/aromatic N) is 1. The second kappa shape index (κ2) is 7.99. The number of rotatable bonds is 6. The Morgan fingerprint density at radius 3 is 2.84 bits per heavy atom. The molecular weight excluding hydrogens is 360 g/mol. The Hall–Kier alpha value is -1.90. The molecule has 3 rings (SSSR count). The van der Waals surface area contributed by atoms with Crippen molar-refractivity contribution in [2.75, 3.05) is 19.8 Å². The van der Waals surface area contributed by atoms with Gasteiger partial charge in [0.1, 0.15) is 10.1 Å². The molecule has 8 heteroatoms. The highest BCUT2D eigenvalue weighted by molar-refractivity contribution is 8.26. The summed E-state index contributed by atoms with van der Waals surface area (Å²) < 4.78 is 11.4. The van der Waals surface area contributed by atoms with Crippen molar-refractivity contribution in [1.82, 2.24) is 4.90 Å². The molecule has 1 aromatic rings. The predicted octanol–water partition coefficient (Wildman–Crippen LogP) is 1.93. The molecule has 2 aliphatic rings. The number of hydrogen-bond acceptors (Lipinski definition) is 6. The summed E-state index contributed by atoms with van der Waals surface area (Å²) in [5.74, 6) is -0.0690. The first-order valence-electron chi connectivity index (χ1n) is 7.91. The Balaban J connectivity index is 1.65. The van der Waals surface area contributed by atoms with Crippen molar-refractivity contribution in [3.63, 3.8) is 0 Å². The Bertz CT molecular complexity index is 712. The van der Waals surface area contributed by atoms with Crippen molar-refractivity contribution in [3.05, 3.63) is 34.7 Å². The summed E-state index contributed by atoms with van der Waals surface area (Å²) in [5, 5.41) is 0. The third-order valence-electron chi connectivity index (χ3n) is 3.84. The summed E-state index contributed by atoms with van der Waals surface area (Å²) in [5.41, 5.74) is 5.89. The molecule has 0 saturated carbocycles. The van der Waals surface area contributed by atoms with Crippen LogP contribution in [0.1, 0.15) is 18.4 Å². The Labute approximate surface area is 155 Å². The van der Waals surface area contributed by atoms with Crippen molar-refractivity contribution in [2.24, 2.45) is 5.73 Å². The van der Waals surface area contributed by atoms with E-state index in [1.165, 1.54) is 11.8 Å². The van der Waals surface area contributed by atoms with Gasteiger partial charge >= 0.3 is 0 Å². The van der Waals surface area contributed by atoms with Crippen LogP contribution < -0.4 is 10.5 Å². The fraction of sp³-hybridized carbons (Fsp3) is 0.353. The minimum absolute atomic E-state index is 0.0727. The summed E-state index contributed by atoms with van der Waals surface area (Å²) in [6.45, 7) is 1.10. The topological polar surface area (TPSA) is 81.9 Å². The molecule has 2 N–H and O–H groups in total. The van der Waals surface area contributed by atoms with Gasteiger partial charge < -0.3 is 15.2 Å². The lowest BCUT2D eigenvalue weighted by molar-refractivity contribution is -0.123. The number of benzene rings is 1. The molecule has 1 atom stereocenters. The number of thiocarbonyl (C=S) groups is 1. The van der Waals surface area contributed by atoms with E-state index in [2.05, 4.69) is 0 Å². The van der Waals surface area contributed by atoms with E-state index in [1.54, 1.807) is 23.1 Å². The SMILES string of the molecule is NC(=O)COc1ccc(C=C2SC(=S)N(CC3CCCO3)C2=O)cc1. The zero-order valence-corrected chi connectivity index (χ0v) is 15.1. The van der Waals surface area contributed by atoms with Crippen LogP contribution in [0.5, 0.6) is 5.75 Å². The minimum atomic E-state index is -0.529. The average Bonchev–Trinajstić information content (AvgIpc) is 3.19. The van der Waals surface area contributed by atoms with Crippen molar-refractivity contribution < 1.29 is 19.1 Å². The molecule has 2 saturated heterocycles. The fourth-order valence-electron chi connectivity index (χ4n) is 2.62. The van der Waals surface area contributed by atoms with Gasteiger partial charge in [-0.2, -0.15) is 0 Å². The molecular formula is C17H18N2O4S2. The Morgan fingerprint density at radius 1 is 1.44 bits per heavy atom. The first-order valence-corrected chi connectivity index (χ1v) is 9.13. The molecule has 2 aliphatic heterocycles. The van der Waals surface area contributed by atoms with Gasteiger partial charge in [-0.15, -0.1) is 0 Å². The molecule has 6 nitrogen and oxygen atoms in total. The molecule has 0 radical (unpaired) electrons. The summed E-state index contributed by atoms with van der Waals surface area (Å²) in [6, 6.07) is 7.07. The van der Waals surface area contributed by atoms with E-state index in [-0.39, 0.29) is 18.6 Å². The molecule has 2 fully saturated rings. The van der Waals surface area contributed by atoms with Gasteiger partial charge in [-0.1, -0.05) is 36.1 Å². The number of nitrogens with two attached hydrogens (primary N) is 1. The van der Waals surface area contributed by atoms with Gasteiger partial charge in [0, 0.05) is 6.61 Å². The lowest BCUT2D eigenvalue weighted by Gasteiger charge is -2.18. The average molecular weight is 378 g/mol. The van der Waals surface area contributed by atoms with Crippen LogP contribution in [0.3, 0.4) is 0 Å². The molecule has 0 spiro atoms. The van der Waals surface area contributed by atoms with Gasteiger partial charge in [0.25, 0.3) is 11.8 Å². The van der Waals surface area contributed by atoms with Crippen LogP contribution >= 0.6 is 24.0 Å². The van der Waals surface area contributed by atoms with E-state index in [1.807, 2.05) is 12.1 Å². The highest BCUT2D eigenvalue weighted by atomic mass is 32.2. The highest BCUT2D eigenvalue weighted by Crippen LogP contribution is 2.33. The molecule has 1 aromatic carbocycles. The van der Waals surface area contributed by atoms with Crippen LogP contribution in [0.25, 0.3) is 6.08 Å². The van der Waals surface area contributed by atoms with Crippen LogP contribution in [0.15, 0.2) is 29.2 Å². The third kappa shape index (κ3) is 4.59. The van der Waals surface area contributed by atoms with Crippen LogP contribution in [-0.2, 0) is 14.3 Å². The normalized spacial score (nSPS) is 22.0. The molecule has 0 aliphatic carbocycles. The Kier molecular flexibility index (Phi) is 5.72. The van der Waals surface area contributed by atoms with Crippen LogP contribution in [0, 0.1) is 0 Å². The van der Waals surface area contributed by atoms with Crippen LogP contribution in [0.4, 0.5) is 0 Å². The molecule has 0 bridgehead atoms. The number of thioether (sulfide) groups is 1. The van der Waals surface area contributed by atoms with Gasteiger partial charge in [0.05, 0.1) is 17.6 Å². The zero-order chi connectivity index (χ0) is 17.8. The molecule has 2 amide bonds. The summed E-state index contributed by atoms with van der Waals surface area (Å²) in [7, 11) is 0. The van der Waals surface area contributed by atoms with E-state index in [4.69, 9.17) is 27.4 Å². The van der Waals surface area contributed by atoms with Gasteiger partial charge in [0.2, 0.25) is 0 Å². The maximum Gasteiger partial charge on any atom is 0.266 e. The van der Waals surface area contributed by atoms with Gasteiger partial charge in [-0.3, -0.25) is 14.5 Å². The maximum absolute atomic E-state index is 12.6. The maximum atomic E-state index is 12.6. The summed E-state index contributed by atoms with van der Waals surface area (Å²) in [6.07, 6.45) is 3.86. The number of amides is 2. The second-order valence-corrected chi connectivity index (χ2v) is 7.43. The van der Waals surface area contributed by atoms with Gasteiger partial charge in [-0.05, 0) is 36.6 Å². The van der Waals surface area contributed by atoms with Gasteiger partial charge in [-0.25, -0.2) is 0 Å². The number of carbonyl (C=O) groups is 2. The van der Waals surface area contributed by atoms with Gasteiger partial charge in [0.15, 0.2) is 6.61 Å². The fourth-order valence-corrected chi connectivity index (χ4v) is 3.89. The van der Waals surface area contributed by atoms with Crippen LogP contribution in [-0.4, -0.2) is 46.9 Å². The largest absolute Gasteiger partial charge is 0.484 e. The van der Waals surface area contributed by atoms with Crippen LogP contribution in [0.2, 0.25) is 0 Å². The minimum Gasteiger partial charge on any atom is -0.484 e. The summed E-state index contributed by atoms with van der Waals surface area (Å²) in [4.78, 5) is 25.5. The van der Waals surface area contributed by atoms with Crippen molar-refractivity contribution >= 4 is 46.2 Å². The lowest BCUT2D eigenvalue weighted by atomic mass is 10.2. The number of carbonyl (C=O) groups excluding carboxylic acids is 2. The number of primary amides is 1. The quantitative estimate of drug-likeness (QED) is 0.602. The van der Waals surface area contributed by atoms with Crippen molar-refractivity contribution in [1.29, 1.82) is 0 Å². The van der Waals surface area contributed by atoms with E-state index >= 15 is 0 Å². The Morgan fingerprint density at radius 2 is 2.20 bits per heavy atom. The number of hydrogen-bond donors (Lipinski definition) is 1. The smallest absolute Gasteiger partial charge is 0.266 e. The molecule has 25 heavy (non-hydrogen) atoms. The standard InChI is InChI=1S/C17H18N2O4S2/c18-15(20)10-23-12-5-3-11(4-6-12)8-14-16(21)19(17(24)25-14)9-13-2-1-7-22-13/h3-6,8,13H,1-2,7,9-10H2,(H2,18,20). The molecule has 0 aromatic heterocycles. The number of ether oxygens (including phenoxy) is 2. The monoisotopic (exact) mass is 378 g/mol. The predicted molar refractivity (Wildman–Crippen MR) is 100.0 cm³/mol. The second-order valence-electron chi connectivity index (χ2n) is 5.75. The highest BCUT2D eigenvalue weighted by Gasteiger charge is 2.34. The van der Waals surface area contributed by atoms with E-state index < -0.39 is 5.91 Å².